The zero-order valence-corrected chi connectivity index (χ0v) is 13.1. The second kappa shape index (κ2) is 6.89. The van der Waals surface area contributed by atoms with Crippen molar-refractivity contribution in [3.05, 3.63) is 30.0 Å². The molecular formula is C14H16ClN3O2S. The highest BCUT2D eigenvalue weighted by molar-refractivity contribution is 7.19. The van der Waals surface area contributed by atoms with Crippen LogP contribution in [0.15, 0.2) is 24.4 Å². The van der Waals surface area contributed by atoms with Crippen molar-refractivity contribution in [3.8, 4) is 16.2 Å². The molecule has 2 N–H and O–H groups in total. The molecule has 112 valence electrons. The van der Waals surface area contributed by atoms with Gasteiger partial charge in [-0.2, -0.15) is 0 Å². The first-order chi connectivity index (χ1) is 9.72. The van der Waals surface area contributed by atoms with E-state index in [1.165, 1.54) is 18.3 Å². The van der Waals surface area contributed by atoms with Crippen LogP contribution in [0.4, 0.5) is 5.13 Å². The van der Waals surface area contributed by atoms with Gasteiger partial charge < -0.3 is 15.4 Å². The minimum Gasteiger partial charge on any atom is -0.492 e. The average Bonchev–Trinajstić information content (AvgIpc) is 2.74. The van der Waals surface area contributed by atoms with Crippen molar-refractivity contribution in [1.82, 2.24) is 10.3 Å². The second-order valence-electron chi connectivity index (χ2n) is 4.56. The van der Waals surface area contributed by atoms with Crippen LogP contribution >= 0.6 is 23.7 Å². The van der Waals surface area contributed by atoms with Gasteiger partial charge in [0.2, 0.25) is 5.91 Å². The van der Waals surface area contributed by atoms with Gasteiger partial charge in [-0.3, -0.25) is 4.79 Å². The molecule has 1 amide bonds. The Morgan fingerprint density at radius 3 is 3.14 bits per heavy atom. The maximum absolute atomic E-state index is 11.0. The van der Waals surface area contributed by atoms with Gasteiger partial charge in [-0.15, -0.1) is 12.4 Å². The fourth-order valence-corrected chi connectivity index (χ4v) is 2.94. The van der Waals surface area contributed by atoms with Gasteiger partial charge in [0, 0.05) is 31.8 Å². The zero-order chi connectivity index (χ0) is 13.9. The Labute approximate surface area is 133 Å². The summed E-state index contributed by atoms with van der Waals surface area (Å²) in [7, 11) is 0. The predicted molar refractivity (Wildman–Crippen MR) is 86.3 cm³/mol. The Bertz CT molecular complexity index is 645. The number of anilines is 1. The van der Waals surface area contributed by atoms with Crippen LogP contribution in [0.2, 0.25) is 0 Å². The summed E-state index contributed by atoms with van der Waals surface area (Å²) >= 11 is 1.47. The van der Waals surface area contributed by atoms with Gasteiger partial charge in [-0.25, -0.2) is 4.98 Å². The third kappa shape index (κ3) is 3.72. The molecule has 21 heavy (non-hydrogen) atoms. The Hall–Kier alpha value is -1.63. The molecule has 1 aromatic carbocycles. The van der Waals surface area contributed by atoms with E-state index in [1.807, 2.05) is 12.1 Å². The largest absolute Gasteiger partial charge is 0.492 e. The van der Waals surface area contributed by atoms with Gasteiger partial charge in [-0.05, 0) is 23.8 Å². The Morgan fingerprint density at radius 2 is 2.33 bits per heavy atom. The number of fused-ring (bicyclic) bond motifs is 1. The molecule has 3 rings (SSSR count). The molecule has 0 unspecified atom stereocenters. The highest BCUT2D eigenvalue weighted by Crippen LogP contribution is 2.32. The van der Waals surface area contributed by atoms with Crippen molar-refractivity contribution in [2.24, 2.45) is 0 Å². The molecule has 0 aliphatic carbocycles. The summed E-state index contributed by atoms with van der Waals surface area (Å²) in [6, 6.07) is 6.13. The maximum atomic E-state index is 11.0. The van der Waals surface area contributed by atoms with E-state index in [1.54, 1.807) is 6.20 Å². The van der Waals surface area contributed by atoms with Crippen molar-refractivity contribution in [2.75, 3.05) is 18.5 Å². The minimum atomic E-state index is -0.106. The van der Waals surface area contributed by atoms with E-state index < -0.39 is 0 Å². The number of halogens is 1. The molecule has 0 fully saturated rings. The standard InChI is InChI=1S/C14H15N3O2S.ClH/c1-9(18)17-14-16-8-13(20-14)10-2-3-12-11(6-10)7-15-4-5-19-12;/h2-3,6,8,15H,4-5,7H2,1H3,(H,16,17,18);1H. The quantitative estimate of drug-likeness (QED) is 0.891. The van der Waals surface area contributed by atoms with E-state index in [0.29, 0.717) is 11.7 Å². The van der Waals surface area contributed by atoms with E-state index in [9.17, 15) is 4.79 Å². The first-order valence-corrected chi connectivity index (χ1v) is 7.24. The number of carbonyl (C=O) groups excluding carboxylic acids is 1. The Kier molecular flexibility index (Phi) is 5.17. The predicted octanol–water partition coefficient (Wildman–Crippen LogP) is 2.67. The topological polar surface area (TPSA) is 63.2 Å². The molecule has 5 nitrogen and oxygen atoms in total. The molecule has 0 atom stereocenters. The number of hydrogen-bond donors (Lipinski definition) is 2. The molecule has 0 saturated carbocycles. The summed E-state index contributed by atoms with van der Waals surface area (Å²) < 4.78 is 5.67. The van der Waals surface area contributed by atoms with Gasteiger partial charge in [0.15, 0.2) is 5.13 Å². The number of amides is 1. The van der Waals surface area contributed by atoms with Crippen LogP contribution in [-0.4, -0.2) is 24.0 Å². The summed E-state index contributed by atoms with van der Waals surface area (Å²) in [5, 5.41) is 6.64. The average molecular weight is 326 g/mol. The van der Waals surface area contributed by atoms with Crippen LogP contribution in [0, 0.1) is 0 Å². The third-order valence-electron chi connectivity index (χ3n) is 2.99. The summed E-state index contributed by atoms with van der Waals surface area (Å²) in [4.78, 5) is 16.3. The lowest BCUT2D eigenvalue weighted by Crippen LogP contribution is -2.16. The van der Waals surface area contributed by atoms with E-state index in [4.69, 9.17) is 4.74 Å². The van der Waals surface area contributed by atoms with E-state index in [2.05, 4.69) is 21.7 Å². The number of hydrogen-bond acceptors (Lipinski definition) is 5. The lowest BCUT2D eigenvalue weighted by molar-refractivity contribution is -0.114. The molecule has 0 saturated heterocycles. The van der Waals surface area contributed by atoms with E-state index in [0.717, 1.165) is 34.8 Å². The number of thiazole rings is 1. The second-order valence-corrected chi connectivity index (χ2v) is 5.59. The summed E-state index contributed by atoms with van der Waals surface area (Å²) in [5.41, 5.74) is 2.24. The van der Waals surface area contributed by atoms with Crippen LogP contribution in [0.1, 0.15) is 12.5 Å². The normalized spacial score (nSPS) is 13.4. The van der Waals surface area contributed by atoms with Crippen molar-refractivity contribution in [2.45, 2.75) is 13.5 Å². The zero-order valence-electron chi connectivity index (χ0n) is 11.5. The monoisotopic (exact) mass is 325 g/mol. The van der Waals surface area contributed by atoms with Crippen LogP contribution in [0.25, 0.3) is 10.4 Å². The number of rotatable bonds is 2. The third-order valence-corrected chi connectivity index (χ3v) is 3.95. The first kappa shape index (κ1) is 15.8. The Balaban J connectivity index is 0.00000161. The highest BCUT2D eigenvalue weighted by atomic mass is 35.5. The molecule has 1 aliphatic heterocycles. The van der Waals surface area contributed by atoms with Crippen LogP contribution in [0.3, 0.4) is 0 Å². The number of nitrogens with one attached hydrogen (secondary N) is 2. The fraction of sp³-hybridized carbons (Fsp3) is 0.286. The molecule has 0 bridgehead atoms. The maximum Gasteiger partial charge on any atom is 0.223 e. The van der Waals surface area contributed by atoms with Crippen LogP contribution in [-0.2, 0) is 11.3 Å². The number of nitrogens with zero attached hydrogens (tertiary/aromatic N) is 1. The van der Waals surface area contributed by atoms with Gasteiger partial charge in [0.05, 0.1) is 4.88 Å². The molecular weight excluding hydrogens is 310 g/mol. The van der Waals surface area contributed by atoms with E-state index in [-0.39, 0.29) is 18.3 Å². The highest BCUT2D eigenvalue weighted by Gasteiger charge is 2.11. The van der Waals surface area contributed by atoms with Crippen molar-refractivity contribution < 1.29 is 9.53 Å². The number of ether oxygens (including phenoxy) is 1. The molecule has 2 heterocycles. The molecule has 1 aliphatic rings. The van der Waals surface area contributed by atoms with Crippen LogP contribution in [0.5, 0.6) is 5.75 Å². The number of benzene rings is 1. The Morgan fingerprint density at radius 1 is 1.48 bits per heavy atom. The fourth-order valence-electron chi connectivity index (χ4n) is 2.08. The molecule has 7 heteroatoms. The van der Waals surface area contributed by atoms with E-state index >= 15 is 0 Å². The van der Waals surface area contributed by atoms with Gasteiger partial charge >= 0.3 is 0 Å². The molecule has 0 radical (unpaired) electrons. The van der Waals surface area contributed by atoms with Gasteiger partial charge in [-0.1, -0.05) is 11.3 Å². The summed E-state index contributed by atoms with van der Waals surface area (Å²) in [5.74, 6) is 0.829. The van der Waals surface area contributed by atoms with Crippen molar-refractivity contribution in [3.63, 3.8) is 0 Å². The minimum absolute atomic E-state index is 0. The first-order valence-electron chi connectivity index (χ1n) is 6.42. The van der Waals surface area contributed by atoms with Crippen molar-refractivity contribution >= 4 is 34.8 Å². The van der Waals surface area contributed by atoms with Crippen LogP contribution < -0.4 is 15.4 Å². The van der Waals surface area contributed by atoms with Gasteiger partial charge in [0.25, 0.3) is 0 Å². The molecule has 2 aromatic rings. The molecule has 0 spiro atoms. The number of carbonyl (C=O) groups is 1. The number of aromatic nitrogens is 1. The lowest BCUT2D eigenvalue weighted by atomic mass is 10.1. The molecule has 1 aromatic heterocycles. The summed E-state index contributed by atoms with van der Waals surface area (Å²) in [6.07, 6.45) is 1.78. The summed E-state index contributed by atoms with van der Waals surface area (Å²) in [6.45, 7) is 3.84. The lowest BCUT2D eigenvalue weighted by Gasteiger charge is -2.07. The SMILES string of the molecule is CC(=O)Nc1ncc(-c2ccc3c(c2)CNCCO3)s1.Cl. The van der Waals surface area contributed by atoms with Gasteiger partial charge in [0.1, 0.15) is 12.4 Å². The smallest absolute Gasteiger partial charge is 0.223 e. The van der Waals surface area contributed by atoms with Crippen molar-refractivity contribution in [1.29, 1.82) is 0 Å².